The normalized spacial score (nSPS) is 13.2. The van der Waals surface area contributed by atoms with Gasteiger partial charge < -0.3 is 5.11 Å². The highest BCUT2D eigenvalue weighted by Gasteiger charge is 2.08. The molecule has 1 N–H and O–H groups in total. The molecule has 0 aliphatic rings. The fraction of sp³-hybridized carbons (Fsp3) is 0.583. The number of aliphatic hydroxyl groups is 1. The van der Waals surface area contributed by atoms with Crippen LogP contribution in [0.4, 0.5) is 0 Å². The minimum Gasteiger partial charge on any atom is -0.393 e. The molecule has 0 amide bonds. The lowest BCUT2D eigenvalue weighted by Crippen LogP contribution is -2.14. The van der Waals surface area contributed by atoms with Crippen molar-refractivity contribution < 1.29 is 5.11 Å². The topological polar surface area (TPSA) is 33.1 Å². The Labute approximate surface area is 86.0 Å². The van der Waals surface area contributed by atoms with Gasteiger partial charge in [-0.1, -0.05) is 13.8 Å². The van der Waals surface area contributed by atoms with E-state index in [9.17, 15) is 5.11 Å². The molecule has 0 aromatic carbocycles. The monoisotopic (exact) mass is 193 g/mol. The molecule has 0 saturated carbocycles. The third kappa shape index (κ3) is 3.88. The molecule has 0 fully saturated rings. The number of hydrogen-bond donors (Lipinski definition) is 1. The molecule has 0 bridgehead atoms. The summed E-state index contributed by atoms with van der Waals surface area (Å²) in [4.78, 5) is 4.23. The zero-order valence-corrected chi connectivity index (χ0v) is 9.20. The molecule has 1 aromatic rings. The third-order valence-electron chi connectivity index (χ3n) is 2.16. The second kappa shape index (κ2) is 5.11. The van der Waals surface area contributed by atoms with E-state index in [4.69, 9.17) is 0 Å². The van der Waals surface area contributed by atoms with Gasteiger partial charge in [0.1, 0.15) is 0 Å². The van der Waals surface area contributed by atoms with E-state index in [-0.39, 0.29) is 6.10 Å². The van der Waals surface area contributed by atoms with Crippen molar-refractivity contribution in [2.45, 2.75) is 39.7 Å². The number of hydrogen-bond acceptors (Lipinski definition) is 2. The van der Waals surface area contributed by atoms with Gasteiger partial charge in [-0.15, -0.1) is 0 Å². The molecule has 1 aromatic heterocycles. The molecule has 2 nitrogen and oxygen atoms in total. The summed E-state index contributed by atoms with van der Waals surface area (Å²) < 4.78 is 0. The summed E-state index contributed by atoms with van der Waals surface area (Å²) in [5.74, 6) is 0.537. The Bertz CT molecular complexity index is 283. The smallest absolute Gasteiger partial charge is 0.0598 e. The average molecular weight is 193 g/mol. The first-order valence-electron chi connectivity index (χ1n) is 5.17. The minimum absolute atomic E-state index is 0.260. The van der Waals surface area contributed by atoms with Gasteiger partial charge >= 0.3 is 0 Å². The van der Waals surface area contributed by atoms with E-state index in [0.29, 0.717) is 12.3 Å². The van der Waals surface area contributed by atoms with Crippen LogP contribution in [0.5, 0.6) is 0 Å². The molecule has 0 aliphatic carbocycles. The van der Waals surface area contributed by atoms with Crippen molar-refractivity contribution >= 4 is 0 Å². The molecule has 1 atom stereocenters. The van der Waals surface area contributed by atoms with Gasteiger partial charge in [0, 0.05) is 18.3 Å². The van der Waals surface area contributed by atoms with Gasteiger partial charge in [-0.05, 0) is 37.0 Å². The van der Waals surface area contributed by atoms with Gasteiger partial charge in [0.2, 0.25) is 0 Å². The first kappa shape index (κ1) is 11.2. The van der Waals surface area contributed by atoms with E-state index in [1.165, 1.54) is 5.56 Å². The largest absolute Gasteiger partial charge is 0.393 e. The number of rotatable bonds is 4. The zero-order valence-electron chi connectivity index (χ0n) is 9.20. The molecule has 1 rings (SSSR count). The first-order valence-corrected chi connectivity index (χ1v) is 5.17. The van der Waals surface area contributed by atoms with Crippen LogP contribution in [0.3, 0.4) is 0 Å². The van der Waals surface area contributed by atoms with Crippen LogP contribution in [-0.2, 0) is 6.42 Å². The number of aromatic nitrogens is 1. The summed E-state index contributed by atoms with van der Waals surface area (Å²) in [6.45, 7) is 6.28. The molecule has 1 unspecified atom stereocenters. The van der Waals surface area contributed by atoms with E-state index in [0.717, 1.165) is 12.1 Å². The van der Waals surface area contributed by atoms with Crippen LogP contribution in [0.15, 0.2) is 18.3 Å². The fourth-order valence-electron chi connectivity index (χ4n) is 1.58. The number of aliphatic hydroxyl groups excluding tert-OH is 1. The van der Waals surface area contributed by atoms with Crippen molar-refractivity contribution in [1.82, 2.24) is 4.98 Å². The van der Waals surface area contributed by atoms with Gasteiger partial charge in [0.15, 0.2) is 0 Å². The Balaban J connectivity index is 2.51. The lowest BCUT2D eigenvalue weighted by molar-refractivity contribution is 0.148. The summed E-state index contributed by atoms with van der Waals surface area (Å²) in [6, 6.07) is 4.00. The fourth-order valence-corrected chi connectivity index (χ4v) is 1.58. The highest BCUT2D eigenvalue weighted by Crippen LogP contribution is 2.10. The second-order valence-corrected chi connectivity index (χ2v) is 4.31. The van der Waals surface area contributed by atoms with Crippen molar-refractivity contribution in [3.05, 3.63) is 29.6 Å². The Morgan fingerprint density at radius 1 is 1.43 bits per heavy atom. The molecule has 1 heterocycles. The summed E-state index contributed by atoms with van der Waals surface area (Å²) >= 11 is 0. The van der Waals surface area contributed by atoms with Crippen molar-refractivity contribution in [3.63, 3.8) is 0 Å². The number of nitrogens with zero attached hydrogens (tertiary/aromatic N) is 1. The van der Waals surface area contributed by atoms with Crippen molar-refractivity contribution in [1.29, 1.82) is 0 Å². The molecule has 0 saturated heterocycles. The number of aryl methyl sites for hydroxylation is 1. The van der Waals surface area contributed by atoms with Crippen LogP contribution < -0.4 is 0 Å². The lowest BCUT2D eigenvalue weighted by atomic mass is 10.0. The molecule has 0 aliphatic heterocycles. The van der Waals surface area contributed by atoms with Crippen LogP contribution in [0, 0.1) is 12.8 Å². The summed E-state index contributed by atoms with van der Waals surface area (Å²) in [5, 5.41) is 9.72. The second-order valence-electron chi connectivity index (χ2n) is 4.31. The summed E-state index contributed by atoms with van der Waals surface area (Å²) in [7, 11) is 0. The standard InChI is InChI=1S/C12H19NO/c1-9(2)6-12(14)8-11-7-10(3)4-5-13-11/h4-5,7,9,12,14H,6,8H2,1-3H3. The molecule has 0 spiro atoms. The molecule has 0 radical (unpaired) electrons. The van der Waals surface area contributed by atoms with E-state index in [1.54, 1.807) is 6.20 Å². The van der Waals surface area contributed by atoms with Crippen molar-refractivity contribution in [2.75, 3.05) is 0 Å². The Hall–Kier alpha value is -0.890. The van der Waals surface area contributed by atoms with Gasteiger partial charge in [-0.25, -0.2) is 0 Å². The van der Waals surface area contributed by atoms with Crippen LogP contribution in [-0.4, -0.2) is 16.2 Å². The SMILES string of the molecule is Cc1ccnc(CC(O)CC(C)C)c1. The lowest BCUT2D eigenvalue weighted by Gasteiger charge is -2.12. The number of pyridine rings is 1. The van der Waals surface area contributed by atoms with E-state index >= 15 is 0 Å². The first-order chi connectivity index (χ1) is 6.58. The molecule has 78 valence electrons. The molecule has 14 heavy (non-hydrogen) atoms. The maximum atomic E-state index is 9.72. The predicted molar refractivity (Wildman–Crippen MR) is 58.1 cm³/mol. The highest BCUT2D eigenvalue weighted by molar-refractivity contribution is 5.14. The molecule has 2 heteroatoms. The molecular weight excluding hydrogens is 174 g/mol. The van der Waals surface area contributed by atoms with Crippen LogP contribution >= 0.6 is 0 Å². The van der Waals surface area contributed by atoms with Gasteiger partial charge in [0.05, 0.1) is 6.10 Å². The zero-order chi connectivity index (χ0) is 10.6. The Morgan fingerprint density at radius 2 is 2.14 bits per heavy atom. The van der Waals surface area contributed by atoms with Crippen LogP contribution in [0.1, 0.15) is 31.5 Å². The van der Waals surface area contributed by atoms with E-state index in [1.807, 2.05) is 19.1 Å². The summed E-state index contributed by atoms with van der Waals surface area (Å²) in [5.41, 5.74) is 2.19. The van der Waals surface area contributed by atoms with Gasteiger partial charge in [-0.3, -0.25) is 4.98 Å². The van der Waals surface area contributed by atoms with E-state index < -0.39 is 0 Å². The van der Waals surface area contributed by atoms with Gasteiger partial charge in [-0.2, -0.15) is 0 Å². The average Bonchev–Trinajstić information content (AvgIpc) is 2.01. The Kier molecular flexibility index (Phi) is 4.08. The summed E-state index contributed by atoms with van der Waals surface area (Å²) in [6.07, 6.45) is 3.05. The van der Waals surface area contributed by atoms with Crippen LogP contribution in [0.2, 0.25) is 0 Å². The van der Waals surface area contributed by atoms with E-state index in [2.05, 4.69) is 18.8 Å². The van der Waals surface area contributed by atoms with Gasteiger partial charge in [0.25, 0.3) is 0 Å². The van der Waals surface area contributed by atoms with Crippen molar-refractivity contribution in [3.8, 4) is 0 Å². The minimum atomic E-state index is -0.260. The van der Waals surface area contributed by atoms with Crippen LogP contribution in [0.25, 0.3) is 0 Å². The maximum absolute atomic E-state index is 9.72. The Morgan fingerprint density at radius 3 is 2.71 bits per heavy atom. The van der Waals surface area contributed by atoms with Crippen molar-refractivity contribution in [2.24, 2.45) is 5.92 Å². The highest BCUT2D eigenvalue weighted by atomic mass is 16.3. The maximum Gasteiger partial charge on any atom is 0.0598 e. The predicted octanol–water partition coefficient (Wildman–Crippen LogP) is 2.34. The quantitative estimate of drug-likeness (QED) is 0.796. The third-order valence-corrected chi connectivity index (χ3v) is 2.16. The molecular formula is C12H19NO.